The van der Waals surface area contributed by atoms with E-state index in [9.17, 15) is 4.79 Å². The second-order valence-electron chi connectivity index (χ2n) is 0.775. The van der Waals surface area contributed by atoms with Gasteiger partial charge in [-0.1, -0.05) is 0 Å². The number of carboxylic acid groups (broad SMARTS) is 1. The third kappa shape index (κ3) is 17.0. The molecular formula is C2H8N2NiO3. The molecule has 0 radical (unpaired) electrons. The van der Waals surface area contributed by atoms with E-state index in [-0.39, 0.29) is 28.5 Å². The standard InChI is InChI=1S/C2H6N2O2.Ni.H2O/c3-4-1-2(5)6;;/h4H,1,3H2,(H,5,6);;1H2. The van der Waals surface area contributed by atoms with Crippen LogP contribution in [0.4, 0.5) is 0 Å². The molecule has 0 saturated carbocycles. The van der Waals surface area contributed by atoms with Crippen molar-refractivity contribution in [2.75, 3.05) is 6.54 Å². The zero-order valence-corrected chi connectivity index (χ0v) is 4.94. The molecule has 0 aromatic rings. The summed E-state index contributed by atoms with van der Waals surface area (Å²) in [6.45, 7) is -0.181. The van der Waals surface area contributed by atoms with E-state index in [0.29, 0.717) is 0 Å². The van der Waals surface area contributed by atoms with Crippen LogP contribution in [0.3, 0.4) is 0 Å². The minimum atomic E-state index is -0.947. The molecule has 8 heavy (non-hydrogen) atoms. The topological polar surface area (TPSA) is 107 Å². The van der Waals surface area contributed by atoms with E-state index in [4.69, 9.17) is 5.11 Å². The average Bonchev–Trinajstić information content (AvgIpc) is 1.35. The van der Waals surface area contributed by atoms with Crippen LogP contribution in [-0.2, 0) is 21.3 Å². The molecule has 0 atom stereocenters. The van der Waals surface area contributed by atoms with Crippen LogP contribution in [0.5, 0.6) is 0 Å². The summed E-state index contributed by atoms with van der Waals surface area (Å²) in [7, 11) is 0. The van der Waals surface area contributed by atoms with E-state index in [2.05, 4.69) is 5.84 Å². The number of hydrazine groups is 1. The Labute approximate surface area is 56.4 Å². The molecular weight excluding hydrogens is 159 g/mol. The van der Waals surface area contributed by atoms with Gasteiger partial charge in [-0.2, -0.15) is 0 Å². The molecule has 0 bridgehead atoms. The maximum absolute atomic E-state index is 9.46. The maximum atomic E-state index is 9.46. The van der Waals surface area contributed by atoms with E-state index in [1.54, 1.807) is 0 Å². The van der Waals surface area contributed by atoms with Crippen molar-refractivity contribution in [2.24, 2.45) is 5.84 Å². The largest absolute Gasteiger partial charge is 0.480 e. The monoisotopic (exact) mass is 166 g/mol. The number of nitrogens with one attached hydrogen (secondary N) is 1. The smallest absolute Gasteiger partial charge is 0.318 e. The Hall–Kier alpha value is -0.156. The summed E-state index contributed by atoms with van der Waals surface area (Å²) >= 11 is 0. The second-order valence-corrected chi connectivity index (χ2v) is 0.775. The Kier molecular flexibility index (Phi) is 19.5. The fourth-order valence-corrected chi connectivity index (χ4v) is 0.0873. The third-order valence-corrected chi connectivity index (χ3v) is 0.253. The molecule has 0 heterocycles. The van der Waals surface area contributed by atoms with Crippen molar-refractivity contribution in [1.82, 2.24) is 5.43 Å². The Morgan fingerprint density at radius 3 is 2.12 bits per heavy atom. The molecule has 6 heteroatoms. The Morgan fingerprint density at radius 2 is 2.12 bits per heavy atom. The van der Waals surface area contributed by atoms with Crippen LogP contribution >= 0.6 is 0 Å². The van der Waals surface area contributed by atoms with Crippen molar-refractivity contribution in [2.45, 2.75) is 0 Å². The molecule has 6 N–H and O–H groups in total. The van der Waals surface area contributed by atoms with Crippen molar-refractivity contribution in [3.05, 3.63) is 0 Å². The number of aliphatic carboxylic acids is 1. The minimum absolute atomic E-state index is 0. The van der Waals surface area contributed by atoms with Gasteiger partial charge in [-0.3, -0.25) is 10.6 Å². The van der Waals surface area contributed by atoms with E-state index in [1.807, 2.05) is 5.43 Å². The van der Waals surface area contributed by atoms with Gasteiger partial charge >= 0.3 is 5.97 Å². The molecule has 0 unspecified atom stereocenters. The molecule has 0 amide bonds. The van der Waals surface area contributed by atoms with Crippen LogP contribution in [0.15, 0.2) is 0 Å². The molecule has 0 aromatic carbocycles. The zero-order chi connectivity index (χ0) is 4.99. The van der Waals surface area contributed by atoms with Gasteiger partial charge in [-0.25, -0.2) is 5.43 Å². The Balaban J connectivity index is -0.000000125. The van der Waals surface area contributed by atoms with E-state index in [0.717, 1.165) is 0 Å². The molecule has 0 saturated heterocycles. The number of carboxylic acids is 1. The van der Waals surface area contributed by atoms with Crippen molar-refractivity contribution in [3.8, 4) is 0 Å². The first-order valence-corrected chi connectivity index (χ1v) is 1.42. The van der Waals surface area contributed by atoms with Crippen molar-refractivity contribution >= 4 is 5.97 Å². The molecule has 0 aromatic heterocycles. The van der Waals surface area contributed by atoms with Crippen LogP contribution in [0.1, 0.15) is 0 Å². The maximum Gasteiger partial charge on any atom is 0.318 e. The fraction of sp³-hybridized carbons (Fsp3) is 0.500. The van der Waals surface area contributed by atoms with Gasteiger partial charge in [0.1, 0.15) is 6.54 Å². The number of carbonyl (C=O) groups is 1. The van der Waals surface area contributed by atoms with Crippen molar-refractivity contribution in [3.63, 3.8) is 0 Å². The van der Waals surface area contributed by atoms with Gasteiger partial charge in [0.2, 0.25) is 0 Å². The van der Waals surface area contributed by atoms with Gasteiger partial charge in [0.05, 0.1) is 0 Å². The van der Waals surface area contributed by atoms with Gasteiger partial charge in [0, 0.05) is 16.5 Å². The van der Waals surface area contributed by atoms with Crippen molar-refractivity contribution in [1.29, 1.82) is 0 Å². The summed E-state index contributed by atoms with van der Waals surface area (Å²) < 4.78 is 0. The Bertz CT molecular complexity index is 59.2. The average molecular weight is 167 g/mol. The van der Waals surface area contributed by atoms with Gasteiger partial charge < -0.3 is 10.6 Å². The normalized spacial score (nSPS) is 6.12. The molecule has 54 valence electrons. The third-order valence-electron chi connectivity index (χ3n) is 0.253. The zero-order valence-electron chi connectivity index (χ0n) is 3.96. The first-order valence-electron chi connectivity index (χ1n) is 1.42. The predicted molar refractivity (Wildman–Crippen MR) is 23.4 cm³/mol. The second kappa shape index (κ2) is 9.96. The van der Waals surface area contributed by atoms with E-state index in [1.165, 1.54) is 0 Å². The summed E-state index contributed by atoms with van der Waals surface area (Å²) in [5, 5.41) is 7.77. The van der Waals surface area contributed by atoms with E-state index < -0.39 is 5.97 Å². The van der Waals surface area contributed by atoms with Crippen LogP contribution in [0.25, 0.3) is 0 Å². The first-order chi connectivity index (χ1) is 2.77. The molecule has 0 fully saturated rings. The van der Waals surface area contributed by atoms with Gasteiger partial charge in [0.25, 0.3) is 0 Å². The summed E-state index contributed by atoms with van der Waals surface area (Å²) in [6.07, 6.45) is 0. The van der Waals surface area contributed by atoms with Gasteiger partial charge in [-0.15, -0.1) is 0 Å². The quantitative estimate of drug-likeness (QED) is 0.244. The van der Waals surface area contributed by atoms with Crippen molar-refractivity contribution < 1.29 is 31.9 Å². The van der Waals surface area contributed by atoms with E-state index >= 15 is 0 Å². The molecule has 0 spiro atoms. The number of hydrogen-bond donors (Lipinski definition) is 3. The fourth-order valence-electron chi connectivity index (χ4n) is 0.0873. The minimum Gasteiger partial charge on any atom is -0.480 e. The molecule has 0 rings (SSSR count). The summed E-state index contributed by atoms with van der Waals surface area (Å²) in [4.78, 5) is 9.46. The summed E-state index contributed by atoms with van der Waals surface area (Å²) in [5.74, 6) is 3.65. The van der Waals surface area contributed by atoms with Gasteiger partial charge in [0.15, 0.2) is 0 Å². The number of rotatable bonds is 2. The molecule has 0 aliphatic heterocycles. The molecule has 0 aliphatic carbocycles. The summed E-state index contributed by atoms with van der Waals surface area (Å²) in [6, 6.07) is 0. The predicted octanol–water partition coefficient (Wildman–Crippen LogP) is -2.29. The number of hydrogen-bond acceptors (Lipinski definition) is 3. The number of nitrogens with two attached hydrogens (primary N) is 1. The molecule has 0 aliphatic rings. The van der Waals surface area contributed by atoms with Crippen LogP contribution < -0.4 is 11.3 Å². The first kappa shape index (κ1) is 15.7. The van der Waals surface area contributed by atoms with Crippen LogP contribution in [-0.4, -0.2) is 23.1 Å². The summed E-state index contributed by atoms with van der Waals surface area (Å²) in [5.41, 5.74) is 1.97. The SMILES string of the molecule is NNCC(=O)O.O.[Ni]. The van der Waals surface area contributed by atoms with Crippen LogP contribution in [0, 0.1) is 0 Å². The Morgan fingerprint density at radius 1 is 1.75 bits per heavy atom. The molecule has 5 nitrogen and oxygen atoms in total. The van der Waals surface area contributed by atoms with Crippen LogP contribution in [0.2, 0.25) is 0 Å². The van der Waals surface area contributed by atoms with Gasteiger partial charge in [-0.05, 0) is 0 Å².